The largest absolute Gasteiger partial charge is 0.504 e. The number of ether oxygens (including phenoxy) is 2. The van der Waals surface area contributed by atoms with Crippen molar-refractivity contribution < 1.29 is 19.7 Å². The molecule has 0 aliphatic carbocycles. The van der Waals surface area contributed by atoms with Gasteiger partial charge in [0.05, 0.1) is 13.2 Å². The summed E-state index contributed by atoms with van der Waals surface area (Å²) in [5, 5.41) is 21.5. The molecule has 1 aromatic carbocycles. The number of phenolic OH excluding ortho intramolecular Hbond substituents is 2. The Hall–Kier alpha value is -1.58. The first-order valence-corrected chi connectivity index (χ1v) is 13.5. The molecule has 4 nitrogen and oxygen atoms in total. The minimum atomic E-state index is -0.170. The number of aromatic hydroxyl groups is 2. The molecule has 1 aromatic rings. The molecule has 2 N–H and O–H groups in total. The molecule has 32 heavy (non-hydrogen) atoms. The molecule has 0 amide bonds. The number of rotatable bonds is 20. The van der Waals surface area contributed by atoms with Crippen LogP contribution >= 0.6 is 0 Å². The van der Waals surface area contributed by atoms with Crippen molar-refractivity contribution >= 4 is 0 Å². The van der Waals surface area contributed by atoms with Gasteiger partial charge in [0, 0.05) is 11.1 Å². The van der Waals surface area contributed by atoms with E-state index in [9.17, 15) is 10.2 Å². The summed E-state index contributed by atoms with van der Waals surface area (Å²) in [5.74, 6) is 0.749. The van der Waals surface area contributed by atoms with Gasteiger partial charge in [-0.25, -0.2) is 0 Å². The third-order valence-electron chi connectivity index (χ3n) is 6.21. The Balaban J connectivity index is 2.92. The van der Waals surface area contributed by atoms with Gasteiger partial charge in [0.2, 0.25) is 11.5 Å². The fourth-order valence-electron chi connectivity index (χ4n) is 4.40. The predicted octanol–water partition coefficient (Wildman–Crippen LogP) is 8.48. The molecule has 0 unspecified atom stereocenters. The Morgan fingerprint density at radius 2 is 0.875 bits per heavy atom. The summed E-state index contributed by atoms with van der Waals surface area (Å²) in [6.07, 6.45) is 18.9. The first-order valence-electron chi connectivity index (χ1n) is 13.5. The van der Waals surface area contributed by atoms with E-state index in [0.29, 0.717) is 24.7 Å². The van der Waals surface area contributed by atoms with Gasteiger partial charge < -0.3 is 19.7 Å². The number of hydrogen-bond acceptors (Lipinski definition) is 4. The molecule has 0 atom stereocenters. The van der Waals surface area contributed by atoms with E-state index in [1.807, 2.05) is 13.8 Å². The van der Waals surface area contributed by atoms with E-state index in [-0.39, 0.29) is 11.5 Å². The summed E-state index contributed by atoms with van der Waals surface area (Å²) in [6, 6.07) is 0. The SMILES string of the molecule is CCCCCCCCCc1c(O)c(O)c(OCC)c(OCC)c1CCCCCCCCC. The minimum absolute atomic E-state index is 0.0131. The van der Waals surface area contributed by atoms with Crippen molar-refractivity contribution in [1.82, 2.24) is 0 Å². The second kappa shape index (κ2) is 17.9. The van der Waals surface area contributed by atoms with Crippen LogP contribution in [0.1, 0.15) is 129 Å². The molecule has 0 heterocycles. The van der Waals surface area contributed by atoms with E-state index in [1.165, 1.54) is 70.6 Å². The number of unbranched alkanes of at least 4 members (excludes halogenated alkanes) is 12. The average molecular weight is 451 g/mol. The minimum Gasteiger partial charge on any atom is -0.504 e. The quantitative estimate of drug-likeness (QED) is 0.154. The first-order chi connectivity index (χ1) is 15.6. The van der Waals surface area contributed by atoms with E-state index in [0.717, 1.165) is 43.2 Å². The zero-order valence-electron chi connectivity index (χ0n) is 21.4. The molecule has 0 saturated carbocycles. The maximum atomic E-state index is 10.9. The molecule has 0 spiro atoms. The van der Waals surface area contributed by atoms with Crippen molar-refractivity contribution in [3.63, 3.8) is 0 Å². The topological polar surface area (TPSA) is 58.9 Å². The van der Waals surface area contributed by atoms with Gasteiger partial charge in [0.25, 0.3) is 0 Å². The van der Waals surface area contributed by atoms with Crippen molar-refractivity contribution in [2.75, 3.05) is 13.2 Å². The Kier molecular flexibility index (Phi) is 15.9. The fraction of sp³-hybridized carbons (Fsp3) is 0.786. The highest BCUT2D eigenvalue weighted by Crippen LogP contribution is 2.49. The van der Waals surface area contributed by atoms with Crippen molar-refractivity contribution in [1.29, 1.82) is 0 Å². The maximum absolute atomic E-state index is 10.9. The van der Waals surface area contributed by atoms with Crippen LogP contribution in [0.4, 0.5) is 0 Å². The number of phenols is 2. The van der Waals surface area contributed by atoms with Crippen LogP contribution in [-0.2, 0) is 12.8 Å². The maximum Gasteiger partial charge on any atom is 0.207 e. The highest BCUT2D eigenvalue weighted by molar-refractivity contribution is 5.66. The Morgan fingerprint density at radius 3 is 1.34 bits per heavy atom. The molecule has 0 aliphatic rings. The van der Waals surface area contributed by atoms with Crippen LogP contribution in [0.2, 0.25) is 0 Å². The molecule has 4 heteroatoms. The highest BCUT2D eigenvalue weighted by Gasteiger charge is 2.25. The molecule has 0 bridgehead atoms. The van der Waals surface area contributed by atoms with Gasteiger partial charge in [-0.1, -0.05) is 90.9 Å². The second-order valence-electron chi connectivity index (χ2n) is 8.92. The van der Waals surface area contributed by atoms with E-state index in [1.54, 1.807) is 0 Å². The van der Waals surface area contributed by atoms with Crippen LogP contribution in [0.25, 0.3) is 0 Å². The monoisotopic (exact) mass is 450 g/mol. The van der Waals surface area contributed by atoms with Crippen LogP contribution < -0.4 is 9.47 Å². The number of hydrogen-bond donors (Lipinski definition) is 2. The molecule has 0 aliphatic heterocycles. The normalized spacial score (nSPS) is 11.1. The average Bonchev–Trinajstić information content (AvgIpc) is 2.79. The van der Waals surface area contributed by atoms with E-state index >= 15 is 0 Å². The summed E-state index contributed by atoms with van der Waals surface area (Å²) < 4.78 is 11.7. The smallest absolute Gasteiger partial charge is 0.207 e. The lowest BCUT2D eigenvalue weighted by Crippen LogP contribution is -2.06. The van der Waals surface area contributed by atoms with Crippen LogP contribution in [0.5, 0.6) is 23.0 Å². The zero-order valence-corrected chi connectivity index (χ0v) is 21.4. The molecule has 0 radical (unpaired) electrons. The van der Waals surface area contributed by atoms with Crippen LogP contribution in [-0.4, -0.2) is 23.4 Å². The van der Waals surface area contributed by atoms with Crippen LogP contribution in [0.3, 0.4) is 0 Å². The third-order valence-corrected chi connectivity index (χ3v) is 6.21. The Labute approximate surface area is 197 Å². The summed E-state index contributed by atoms with van der Waals surface area (Å²) >= 11 is 0. The summed E-state index contributed by atoms with van der Waals surface area (Å²) in [7, 11) is 0. The Bertz CT molecular complexity index is 612. The first kappa shape index (κ1) is 28.5. The fourth-order valence-corrected chi connectivity index (χ4v) is 4.40. The van der Waals surface area contributed by atoms with Crippen molar-refractivity contribution in [2.45, 2.75) is 130 Å². The van der Waals surface area contributed by atoms with Gasteiger partial charge in [0.15, 0.2) is 11.5 Å². The van der Waals surface area contributed by atoms with Gasteiger partial charge in [-0.05, 0) is 39.5 Å². The lowest BCUT2D eigenvalue weighted by atomic mass is 9.93. The molecule has 0 fully saturated rings. The molecule has 0 aromatic heterocycles. The van der Waals surface area contributed by atoms with E-state index in [4.69, 9.17) is 9.47 Å². The highest BCUT2D eigenvalue weighted by atomic mass is 16.5. The van der Waals surface area contributed by atoms with Gasteiger partial charge in [-0.3, -0.25) is 0 Å². The third kappa shape index (κ3) is 9.92. The van der Waals surface area contributed by atoms with Gasteiger partial charge in [0.1, 0.15) is 0 Å². The summed E-state index contributed by atoms with van der Waals surface area (Å²) in [6.45, 7) is 9.24. The van der Waals surface area contributed by atoms with Gasteiger partial charge in [-0.15, -0.1) is 0 Å². The van der Waals surface area contributed by atoms with Crippen molar-refractivity contribution in [3.8, 4) is 23.0 Å². The lowest BCUT2D eigenvalue weighted by molar-refractivity contribution is 0.266. The molecule has 0 saturated heterocycles. The van der Waals surface area contributed by atoms with Crippen molar-refractivity contribution in [2.24, 2.45) is 0 Å². The zero-order chi connectivity index (χ0) is 23.6. The van der Waals surface area contributed by atoms with Crippen molar-refractivity contribution in [3.05, 3.63) is 11.1 Å². The summed E-state index contributed by atoms with van der Waals surface area (Å²) in [4.78, 5) is 0. The lowest BCUT2D eigenvalue weighted by Gasteiger charge is -2.21. The number of benzene rings is 1. The van der Waals surface area contributed by atoms with E-state index < -0.39 is 0 Å². The summed E-state index contributed by atoms with van der Waals surface area (Å²) in [5.41, 5.74) is 1.89. The van der Waals surface area contributed by atoms with Crippen LogP contribution in [0.15, 0.2) is 0 Å². The van der Waals surface area contributed by atoms with E-state index in [2.05, 4.69) is 13.8 Å². The molecular formula is C28H50O4. The molecule has 1 rings (SSSR count). The van der Waals surface area contributed by atoms with Gasteiger partial charge >= 0.3 is 0 Å². The molecular weight excluding hydrogens is 400 g/mol. The standard InChI is InChI=1S/C28H50O4/c1-5-9-11-13-15-17-19-21-23-24(22-20-18-16-14-12-10-6-2)27(31-7-3)28(32-8-4)26(30)25(23)29/h29-30H,5-22H2,1-4H3. The molecule has 186 valence electrons. The van der Waals surface area contributed by atoms with Gasteiger partial charge in [-0.2, -0.15) is 0 Å². The second-order valence-corrected chi connectivity index (χ2v) is 8.92. The van der Waals surface area contributed by atoms with Crippen LogP contribution in [0, 0.1) is 0 Å². The predicted molar refractivity (Wildman–Crippen MR) is 136 cm³/mol. The Morgan fingerprint density at radius 1 is 0.469 bits per heavy atom.